The molecule has 0 heterocycles. The maximum absolute atomic E-state index is 10.6. The zero-order valence-corrected chi connectivity index (χ0v) is 8.93. The molecule has 0 atom stereocenters. The average molecular weight is 187 g/mol. The first kappa shape index (κ1) is 12.4. The molecule has 0 aliphatic heterocycles. The van der Waals surface area contributed by atoms with Gasteiger partial charge in [-0.25, -0.2) is 0 Å². The predicted molar refractivity (Wildman–Crippen MR) is 53.3 cm³/mol. The summed E-state index contributed by atoms with van der Waals surface area (Å²) in [5, 5.41) is 0. The number of unbranched alkanes of at least 4 members (excludes halogenated alkanes) is 1. The summed E-state index contributed by atoms with van der Waals surface area (Å²) in [7, 11) is 0. The highest BCUT2D eigenvalue weighted by molar-refractivity contribution is 5.71. The molecule has 0 fully saturated rings. The van der Waals surface area contributed by atoms with Gasteiger partial charge in [-0.15, -0.1) is 0 Å². The molecule has 0 bridgehead atoms. The summed E-state index contributed by atoms with van der Waals surface area (Å²) < 4.78 is 4.84. The predicted octanol–water partition coefficient (Wildman–Crippen LogP) is 1.70. The molecule has 0 saturated carbocycles. The monoisotopic (exact) mass is 187 g/mol. The first-order valence-electron chi connectivity index (χ1n) is 4.81. The quantitative estimate of drug-likeness (QED) is 0.526. The van der Waals surface area contributed by atoms with Crippen molar-refractivity contribution in [2.45, 2.75) is 40.0 Å². The smallest absolute Gasteiger partial charge is 0.319 e. The Morgan fingerprint density at radius 3 is 2.38 bits per heavy atom. The summed E-state index contributed by atoms with van der Waals surface area (Å²) in [5.41, 5.74) is 5.45. The summed E-state index contributed by atoms with van der Waals surface area (Å²) in [6.07, 6.45) is 3.19. The highest BCUT2D eigenvalue weighted by Gasteiger charge is 2.09. The van der Waals surface area contributed by atoms with Crippen LogP contribution in [0.2, 0.25) is 0 Å². The van der Waals surface area contributed by atoms with Gasteiger partial charge >= 0.3 is 5.97 Å². The third-order valence-corrected chi connectivity index (χ3v) is 1.75. The maximum atomic E-state index is 10.6. The molecule has 2 N–H and O–H groups in total. The number of carbonyl (C=O) groups excluding carboxylic acids is 1. The topological polar surface area (TPSA) is 52.3 Å². The average Bonchev–Trinajstić information content (AvgIpc) is 2.01. The van der Waals surface area contributed by atoms with Gasteiger partial charge in [0.15, 0.2) is 0 Å². The minimum Gasteiger partial charge on any atom is -0.465 e. The van der Waals surface area contributed by atoms with Crippen LogP contribution in [0.15, 0.2) is 0 Å². The molecule has 0 aromatic heterocycles. The molecule has 3 nitrogen and oxygen atoms in total. The van der Waals surface area contributed by atoms with E-state index >= 15 is 0 Å². The zero-order chi connectivity index (χ0) is 10.3. The Balaban J connectivity index is 3.22. The molecule has 0 amide bonds. The van der Waals surface area contributed by atoms with Gasteiger partial charge < -0.3 is 10.5 Å². The number of hydrogen-bond acceptors (Lipinski definition) is 3. The number of nitrogens with two attached hydrogens (primary N) is 1. The Labute approximate surface area is 80.6 Å². The van der Waals surface area contributed by atoms with Gasteiger partial charge in [0.05, 0.1) is 13.2 Å². The van der Waals surface area contributed by atoms with Crippen LogP contribution in [0.1, 0.15) is 40.0 Å². The van der Waals surface area contributed by atoms with Crippen LogP contribution >= 0.6 is 0 Å². The molecule has 0 aliphatic rings. The molecule has 0 aromatic carbocycles. The van der Waals surface area contributed by atoms with E-state index in [4.69, 9.17) is 10.5 Å². The molecule has 78 valence electrons. The van der Waals surface area contributed by atoms with Crippen LogP contribution in [0.3, 0.4) is 0 Å². The SMILES string of the molecule is CC(C)(C)CCCCOC(=O)CN. The maximum Gasteiger partial charge on any atom is 0.319 e. The lowest BCUT2D eigenvalue weighted by Gasteiger charge is -2.17. The van der Waals surface area contributed by atoms with E-state index in [2.05, 4.69) is 20.8 Å². The lowest BCUT2D eigenvalue weighted by Crippen LogP contribution is -2.17. The Hall–Kier alpha value is -0.570. The highest BCUT2D eigenvalue weighted by Crippen LogP contribution is 2.21. The van der Waals surface area contributed by atoms with Crippen LogP contribution in [-0.2, 0) is 9.53 Å². The van der Waals surface area contributed by atoms with Crippen LogP contribution in [0, 0.1) is 5.41 Å². The van der Waals surface area contributed by atoms with E-state index in [1.165, 1.54) is 0 Å². The van der Waals surface area contributed by atoms with Crippen LogP contribution in [0.5, 0.6) is 0 Å². The molecular formula is C10H21NO2. The van der Waals surface area contributed by atoms with Crippen molar-refractivity contribution < 1.29 is 9.53 Å². The van der Waals surface area contributed by atoms with E-state index in [1.54, 1.807) is 0 Å². The standard InChI is InChI=1S/C10H21NO2/c1-10(2,3)6-4-5-7-13-9(12)8-11/h4-8,11H2,1-3H3. The van der Waals surface area contributed by atoms with Crippen LogP contribution in [0.25, 0.3) is 0 Å². The first-order chi connectivity index (χ1) is 5.95. The fourth-order valence-electron chi connectivity index (χ4n) is 1.00. The zero-order valence-electron chi connectivity index (χ0n) is 8.93. The minimum absolute atomic E-state index is 0.0146. The van der Waals surface area contributed by atoms with Gasteiger partial charge in [-0.3, -0.25) is 4.79 Å². The van der Waals surface area contributed by atoms with Crippen molar-refractivity contribution in [2.24, 2.45) is 11.1 Å². The molecule has 0 aromatic rings. The van der Waals surface area contributed by atoms with Crippen molar-refractivity contribution in [1.29, 1.82) is 0 Å². The number of esters is 1. The van der Waals surface area contributed by atoms with Gasteiger partial charge in [0.25, 0.3) is 0 Å². The normalized spacial score (nSPS) is 11.4. The van der Waals surface area contributed by atoms with Crippen molar-refractivity contribution in [3.05, 3.63) is 0 Å². The lowest BCUT2D eigenvalue weighted by atomic mass is 9.90. The van der Waals surface area contributed by atoms with E-state index < -0.39 is 0 Å². The summed E-state index contributed by atoms with van der Waals surface area (Å²) in [5.74, 6) is -0.309. The van der Waals surface area contributed by atoms with Crippen molar-refractivity contribution in [2.75, 3.05) is 13.2 Å². The van der Waals surface area contributed by atoms with Crippen LogP contribution in [-0.4, -0.2) is 19.1 Å². The van der Waals surface area contributed by atoms with E-state index in [9.17, 15) is 4.79 Å². The van der Waals surface area contributed by atoms with Gasteiger partial charge in [-0.1, -0.05) is 20.8 Å². The van der Waals surface area contributed by atoms with E-state index in [1.807, 2.05) is 0 Å². The molecule has 0 radical (unpaired) electrons. The summed E-state index contributed by atoms with van der Waals surface area (Å²) in [6.45, 7) is 7.11. The minimum atomic E-state index is -0.309. The van der Waals surface area contributed by atoms with Crippen molar-refractivity contribution in [3.8, 4) is 0 Å². The molecule has 3 heteroatoms. The Bertz CT molecular complexity index is 149. The molecular weight excluding hydrogens is 166 g/mol. The lowest BCUT2D eigenvalue weighted by molar-refractivity contribution is -0.142. The van der Waals surface area contributed by atoms with Crippen molar-refractivity contribution in [3.63, 3.8) is 0 Å². The molecule has 0 aliphatic carbocycles. The number of carbonyl (C=O) groups is 1. The Morgan fingerprint density at radius 2 is 1.92 bits per heavy atom. The molecule has 0 rings (SSSR count). The summed E-state index contributed by atoms with van der Waals surface area (Å²) in [4.78, 5) is 10.6. The van der Waals surface area contributed by atoms with Gasteiger partial charge in [0.2, 0.25) is 0 Å². The van der Waals surface area contributed by atoms with Crippen molar-refractivity contribution >= 4 is 5.97 Å². The van der Waals surface area contributed by atoms with Crippen molar-refractivity contribution in [1.82, 2.24) is 0 Å². The number of hydrogen-bond donors (Lipinski definition) is 1. The van der Waals surface area contributed by atoms with E-state index in [-0.39, 0.29) is 12.5 Å². The molecule has 0 unspecified atom stereocenters. The fourth-order valence-corrected chi connectivity index (χ4v) is 1.00. The van der Waals surface area contributed by atoms with Gasteiger partial charge in [-0.05, 0) is 24.7 Å². The Morgan fingerprint density at radius 1 is 1.31 bits per heavy atom. The molecule has 0 spiro atoms. The van der Waals surface area contributed by atoms with Gasteiger partial charge in [0.1, 0.15) is 0 Å². The third-order valence-electron chi connectivity index (χ3n) is 1.75. The second-order valence-corrected chi connectivity index (χ2v) is 4.44. The van der Waals surface area contributed by atoms with Crippen LogP contribution in [0.4, 0.5) is 0 Å². The largest absolute Gasteiger partial charge is 0.465 e. The molecule has 13 heavy (non-hydrogen) atoms. The van der Waals surface area contributed by atoms with Crippen LogP contribution < -0.4 is 5.73 Å². The molecule has 0 saturated heterocycles. The fraction of sp³-hybridized carbons (Fsp3) is 0.900. The summed E-state index contributed by atoms with van der Waals surface area (Å²) in [6, 6.07) is 0. The van der Waals surface area contributed by atoms with E-state index in [0.717, 1.165) is 19.3 Å². The van der Waals surface area contributed by atoms with E-state index in [0.29, 0.717) is 12.0 Å². The summed E-state index contributed by atoms with van der Waals surface area (Å²) >= 11 is 0. The van der Waals surface area contributed by atoms with Gasteiger partial charge in [0, 0.05) is 0 Å². The third kappa shape index (κ3) is 9.34. The Kier molecular flexibility index (Phi) is 5.71. The number of ether oxygens (including phenoxy) is 1. The number of rotatable bonds is 5. The second kappa shape index (κ2) is 5.97. The highest BCUT2D eigenvalue weighted by atomic mass is 16.5. The first-order valence-corrected chi connectivity index (χ1v) is 4.81. The van der Waals surface area contributed by atoms with Gasteiger partial charge in [-0.2, -0.15) is 0 Å². The second-order valence-electron chi connectivity index (χ2n) is 4.44.